The van der Waals surface area contributed by atoms with Crippen LogP contribution in [0.5, 0.6) is 0 Å². The highest BCUT2D eigenvalue weighted by atomic mass is 32.1. The fourth-order valence-electron chi connectivity index (χ4n) is 1.88. The molecule has 0 fully saturated rings. The van der Waals surface area contributed by atoms with Crippen molar-refractivity contribution in [1.82, 2.24) is 15.2 Å². The summed E-state index contributed by atoms with van der Waals surface area (Å²) in [5.41, 5.74) is 0.829. The first kappa shape index (κ1) is 17.1. The molecule has 114 valence electrons. The number of aryl methyl sites for hydroxylation is 1. The van der Waals surface area contributed by atoms with Gasteiger partial charge in [0.1, 0.15) is 4.88 Å². The van der Waals surface area contributed by atoms with Crippen LogP contribution in [0.3, 0.4) is 0 Å². The Bertz CT molecular complexity index is 444. The molecule has 4 nitrogen and oxygen atoms in total. The summed E-state index contributed by atoms with van der Waals surface area (Å²) in [6.45, 7) is 16.1. The summed E-state index contributed by atoms with van der Waals surface area (Å²) in [4.78, 5) is 19.8. The number of hydrogen-bond acceptors (Lipinski definition) is 4. The van der Waals surface area contributed by atoms with Gasteiger partial charge in [-0.15, -0.1) is 11.3 Å². The number of nitrogens with zero attached hydrogens (tertiary/aromatic N) is 2. The molecule has 0 unspecified atom stereocenters. The second-order valence-corrected chi connectivity index (χ2v) is 6.97. The summed E-state index contributed by atoms with van der Waals surface area (Å²) in [6, 6.07) is 0. The predicted octanol–water partition coefficient (Wildman–Crippen LogP) is 2.82. The summed E-state index contributed by atoms with van der Waals surface area (Å²) in [6.07, 6.45) is 0. The van der Waals surface area contributed by atoms with Crippen molar-refractivity contribution in [3.8, 4) is 0 Å². The van der Waals surface area contributed by atoms with E-state index in [-0.39, 0.29) is 11.3 Å². The van der Waals surface area contributed by atoms with Crippen LogP contribution in [0.2, 0.25) is 0 Å². The van der Waals surface area contributed by atoms with Gasteiger partial charge in [0.15, 0.2) is 0 Å². The Kier molecular flexibility index (Phi) is 6.14. The van der Waals surface area contributed by atoms with Gasteiger partial charge in [-0.1, -0.05) is 34.6 Å². The molecule has 20 heavy (non-hydrogen) atoms. The van der Waals surface area contributed by atoms with Gasteiger partial charge in [0.2, 0.25) is 0 Å². The molecule has 0 saturated heterocycles. The highest BCUT2D eigenvalue weighted by molar-refractivity contribution is 7.14. The maximum atomic E-state index is 12.2. The van der Waals surface area contributed by atoms with Gasteiger partial charge in [-0.25, -0.2) is 4.98 Å². The standard InChI is InChI=1S/C15H27N3OS/c1-7-18(8-2)10-9-16-13(19)12-11(3)17-14(20-12)15(4,5)6/h7-10H2,1-6H3,(H,16,19). The van der Waals surface area contributed by atoms with Crippen LogP contribution in [-0.2, 0) is 5.41 Å². The van der Waals surface area contributed by atoms with E-state index in [9.17, 15) is 4.79 Å². The minimum absolute atomic E-state index is 0.00246. The lowest BCUT2D eigenvalue weighted by Gasteiger charge is -2.17. The summed E-state index contributed by atoms with van der Waals surface area (Å²) < 4.78 is 0. The number of thiazole rings is 1. The third kappa shape index (κ3) is 4.56. The van der Waals surface area contributed by atoms with Gasteiger partial charge in [-0.2, -0.15) is 0 Å². The number of rotatable bonds is 6. The Morgan fingerprint density at radius 3 is 2.35 bits per heavy atom. The molecule has 1 aromatic heterocycles. The monoisotopic (exact) mass is 297 g/mol. The van der Waals surface area contributed by atoms with Crippen molar-refractivity contribution >= 4 is 17.2 Å². The molecule has 0 bridgehead atoms. The van der Waals surface area contributed by atoms with E-state index < -0.39 is 0 Å². The summed E-state index contributed by atoms with van der Waals surface area (Å²) in [5, 5.41) is 4.01. The topological polar surface area (TPSA) is 45.2 Å². The Hall–Kier alpha value is -0.940. The molecular formula is C15H27N3OS. The molecule has 0 radical (unpaired) electrons. The molecule has 0 aromatic carbocycles. The van der Waals surface area contributed by atoms with Crippen LogP contribution in [0.15, 0.2) is 0 Å². The first-order valence-corrected chi connectivity index (χ1v) is 8.09. The van der Waals surface area contributed by atoms with Crippen LogP contribution in [0.1, 0.15) is 55.0 Å². The van der Waals surface area contributed by atoms with E-state index in [1.165, 1.54) is 11.3 Å². The van der Waals surface area contributed by atoms with Gasteiger partial charge in [0.05, 0.1) is 10.7 Å². The summed E-state index contributed by atoms with van der Waals surface area (Å²) in [7, 11) is 0. The molecule has 0 aliphatic rings. The summed E-state index contributed by atoms with van der Waals surface area (Å²) >= 11 is 1.51. The van der Waals surface area contributed by atoms with Crippen molar-refractivity contribution in [2.45, 2.75) is 47.0 Å². The second-order valence-electron chi connectivity index (χ2n) is 5.97. The van der Waals surface area contributed by atoms with Crippen molar-refractivity contribution < 1.29 is 4.79 Å². The fraction of sp³-hybridized carbons (Fsp3) is 0.733. The molecule has 0 spiro atoms. The normalized spacial score (nSPS) is 11.9. The van der Waals surface area contributed by atoms with Crippen LogP contribution in [-0.4, -0.2) is 42.0 Å². The van der Waals surface area contributed by atoms with Gasteiger partial charge >= 0.3 is 0 Å². The van der Waals surface area contributed by atoms with Crippen LogP contribution >= 0.6 is 11.3 Å². The van der Waals surface area contributed by atoms with E-state index >= 15 is 0 Å². The Morgan fingerprint density at radius 1 is 1.30 bits per heavy atom. The molecule has 0 aliphatic carbocycles. The van der Waals surface area contributed by atoms with E-state index in [0.29, 0.717) is 6.54 Å². The highest BCUT2D eigenvalue weighted by Gasteiger charge is 2.22. The Balaban J connectivity index is 2.62. The van der Waals surface area contributed by atoms with Crippen LogP contribution in [0.25, 0.3) is 0 Å². The van der Waals surface area contributed by atoms with E-state index in [1.807, 2.05) is 6.92 Å². The number of nitrogens with one attached hydrogen (secondary N) is 1. The number of hydrogen-bond donors (Lipinski definition) is 1. The minimum atomic E-state index is -0.00478. The van der Waals surface area contributed by atoms with Crippen molar-refractivity contribution in [2.24, 2.45) is 0 Å². The van der Waals surface area contributed by atoms with E-state index in [4.69, 9.17) is 0 Å². The van der Waals surface area contributed by atoms with Crippen molar-refractivity contribution in [2.75, 3.05) is 26.2 Å². The molecule has 1 heterocycles. The number of likely N-dealkylation sites (N-methyl/N-ethyl adjacent to an activating group) is 1. The molecule has 0 aliphatic heterocycles. The van der Waals surface area contributed by atoms with Crippen LogP contribution < -0.4 is 5.32 Å². The first-order chi connectivity index (χ1) is 9.29. The lowest BCUT2D eigenvalue weighted by atomic mass is 9.98. The molecular weight excluding hydrogens is 270 g/mol. The smallest absolute Gasteiger partial charge is 0.263 e. The minimum Gasteiger partial charge on any atom is -0.350 e. The van der Waals surface area contributed by atoms with Gasteiger partial charge in [-0.3, -0.25) is 4.79 Å². The van der Waals surface area contributed by atoms with Gasteiger partial charge in [-0.05, 0) is 20.0 Å². The third-order valence-corrected chi connectivity index (χ3v) is 4.83. The molecule has 1 rings (SSSR count). The molecule has 1 amide bonds. The molecule has 1 N–H and O–H groups in total. The average Bonchev–Trinajstić information content (AvgIpc) is 2.76. The van der Waals surface area contributed by atoms with Gasteiger partial charge in [0.25, 0.3) is 5.91 Å². The molecule has 5 heteroatoms. The SMILES string of the molecule is CCN(CC)CCNC(=O)c1sc(C(C)(C)C)nc1C. The molecule has 0 saturated carbocycles. The Morgan fingerprint density at radius 2 is 1.90 bits per heavy atom. The summed E-state index contributed by atoms with van der Waals surface area (Å²) in [5.74, 6) is 0.00246. The van der Waals surface area contributed by atoms with Crippen LogP contribution in [0.4, 0.5) is 0 Å². The average molecular weight is 297 g/mol. The largest absolute Gasteiger partial charge is 0.350 e. The second kappa shape index (κ2) is 7.18. The Labute approximate surface area is 126 Å². The zero-order valence-electron chi connectivity index (χ0n) is 13.5. The maximum absolute atomic E-state index is 12.2. The number of carbonyl (C=O) groups is 1. The van der Waals surface area contributed by atoms with E-state index in [2.05, 4.69) is 49.8 Å². The zero-order chi connectivity index (χ0) is 15.3. The number of amides is 1. The van der Waals surface area contributed by atoms with Crippen molar-refractivity contribution in [1.29, 1.82) is 0 Å². The number of carbonyl (C=O) groups excluding carboxylic acids is 1. The molecule has 0 atom stereocenters. The predicted molar refractivity (Wildman–Crippen MR) is 85.7 cm³/mol. The van der Waals surface area contributed by atoms with Crippen LogP contribution in [0, 0.1) is 6.92 Å². The lowest BCUT2D eigenvalue weighted by molar-refractivity contribution is 0.0952. The zero-order valence-corrected chi connectivity index (χ0v) is 14.4. The maximum Gasteiger partial charge on any atom is 0.263 e. The lowest BCUT2D eigenvalue weighted by Crippen LogP contribution is -2.34. The van der Waals surface area contributed by atoms with E-state index in [1.54, 1.807) is 0 Å². The van der Waals surface area contributed by atoms with Gasteiger partial charge < -0.3 is 10.2 Å². The first-order valence-electron chi connectivity index (χ1n) is 7.28. The highest BCUT2D eigenvalue weighted by Crippen LogP contribution is 2.28. The quantitative estimate of drug-likeness (QED) is 0.878. The molecule has 1 aromatic rings. The number of aromatic nitrogens is 1. The van der Waals surface area contributed by atoms with Gasteiger partial charge in [0, 0.05) is 18.5 Å². The fourth-order valence-corrected chi connectivity index (χ4v) is 2.92. The van der Waals surface area contributed by atoms with E-state index in [0.717, 1.165) is 35.2 Å². The third-order valence-electron chi connectivity index (χ3n) is 3.25. The van der Waals surface area contributed by atoms with Crippen molar-refractivity contribution in [3.63, 3.8) is 0 Å². The van der Waals surface area contributed by atoms with Crippen molar-refractivity contribution in [3.05, 3.63) is 15.6 Å².